The maximum atomic E-state index is 11.6. The largest absolute Gasteiger partial charge is 0.483 e. The third-order valence-electron chi connectivity index (χ3n) is 2.89. The molecule has 2 rings (SSSR count). The SMILES string of the molecule is Cc1ccccc1OCC(=O)NO[C@@H]1CCCCO1. The fraction of sp³-hybridized carbons (Fsp3) is 0.500. The molecule has 104 valence electrons. The number of carbonyl (C=O) groups excluding carboxylic acids is 1. The van der Waals surface area contributed by atoms with Crippen LogP contribution in [0.15, 0.2) is 24.3 Å². The van der Waals surface area contributed by atoms with Gasteiger partial charge in [-0.1, -0.05) is 18.2 Å². The van der Waals surface area contributed by atoms with Crippen molar-refractivity contribution in [1.82, 2.24) is 5.48 Å². The highest BCUT2D eigenvalue weighted by Crippen LogP contribution is 2.16. The fourth-order valence-electron chi connectivity index (χ4n) is 1.83. The van der Waals surface area contributed by atoms with Crippen LogP contribution in [0.2, 0.25) is 0 Å². The number of hydrogen-bond acceptors (Lipinski definition) is 4. The standard InChI is InChI=1S/C14H19NO4/c1-11-6-2-3-7-12(11)18-10-13(16)15-19-14-8-4-5-9-17-14/h2-3,6-7,14H,4-5,8-10H2,1H3,(H,15,16)/t14-/m1/s1. The third kappa shape index (κ3) is 4.54. The van der Waals surface area contributed by atoms with Crippen molar-refractivity contribution in [2.75, 3.05) is 13.2 Å². The topological polar surface area (TPSA) is 56.8 Å². The molecule has 0 aromatic heterocycles. The minimum absolute atomic E-state index is 0.0719. The summed E-state index contributed by atoms with van der Waals surface area (Å²) in [5, 5.41) is 0. The molecule has 1 aliphatic heterocycles. The molecule has 1 amide bonds. The van der Waals surface area contributed by atoms with E-state index in [4.69, 9.17) is 14.3 Å². The van der Waals surface area contributed by atoms with Gasteiger partial charge in [0, 0.05) is 13.0 Å². The van der Waals surface area contributed by atoms with Crippen molar-refractivity contribution in [3.05, 3.63) is 29.8 Å². The first-order valence-corrected chi connectivity index (χ1v) is 6.50. The lowest BCUT2D eigenvalue weighted by molar-refractivity contribution is -0.201. The highest BCUT2D eigenvalue weighted by Gasteiger charge is 2.15. The molecule has 0 spiro atoms. The number of para-hydroxylation sites is 1. The average molecular weight is 265 g/mol. The van der Waals surface area contributed by atoms with Gasteiger partial charge in [0.05, 0.1) is 0 Å². The van der Waals surface area contributed by atoms with Gasteiger partial charge in [-0.3, -0.25) is 4.79 Å². The second kappa shape index (κ2) is 7.11. The maximum absolute atomic E-state index is 11.6. The number of aryl methyl sites for hydroxylation is 1. The number of hydrogen-bond donors (Lipinski definition) is 1. The first-order valence-electron chi connectivity index (χ1n) is 6.50. The Balaban J connectivity index is 1.68. The summed E-state index contributed by atoms with van der Waals surface area (Å²) in [5.74, 6) is 0.379. The molecule has 1 N–H and O–H groups in total. The summed E-state index contributed by atoms with van der Waals surface area (Å²) in [6.45, 7) is 2.54. The van der Waals surface area contributed by atoms with E-state index in [1.54, 1.807) is 0 Å². The zero-order chi connectivity index (χ0) is 13.5. The van der Waals surface area contributed by atoms with Crippen LogP contribution < -0.4 is 10.2 Å². The van der Waals surface area contributed by atoms with Crippen LogP contribution in [0, 0.1) is 6.92 Å². The van der Waals surface area contributed by atoms with E-state index in [2.05, 4.69) is 5.48 Å². The number of hydroxylamine groups is 1. The molecule has 1 saturated heterocycles. The van der Waals surface area contributed by atoms with Gasteiger partial charge >= 0.3 is 0 Å². The van der Waals surface area contributed by atoms with E-state index in [0.29, 0.717) is 12.4 Å². The second-order valence-corrected chi connectivity index (χ2v) is 4.49. The molecule has 0 radical (unpaired) electrons. The Labute approximate surface area is 112 Å². The van der Waals surface area contributed by atoms with Gasteiger partial charge in [-0.15, -0.1) is 0 Å². The number of amides is 1. The second-order valence-electron chi connectivity index (χ2n) is 4.49. The van der Waals surface area contributed by atoms with Crippen molar-refractivity contribution in [3.8, 4) is 5.75 Å². The zero-order valence-electron chi connectivity index (χ0n) is 11.1. The number of carbonyl (C=O) groups is 1. The monoisotopic (exact) mass is 265 g/mol. The zero-order valence-corrected chi connectivity index (χ0v) is 11.1. The van der Waals surface area contributed by atoms with Gasteiger partial charge in [-0.25, -0.2) is 10.3 Å². The Morgan fingerprint density at radius 1 is 1.42 bits per heavy atom. The molecular formula is C14H19NO4. The normalized spacial score (nSPS) is 18.9. The van der Waals surface area contributed by atoms with E-state index in [9.17, 15) is 4.79 Å². The lowest BCUT2D eigenvalue weighted by Crippen LogP contribution is -2.35. The van der Waals surface area contributed by atoms with Crippen LogP contribution in [0.5, 0.6) is 5.75 Å². The summed E-state index contributed by atoms with van der Waals surface area (Å²) in [7, 11) is 0. The third-order valence-corrected chi connectivity index (χ3v) is 2.89. The summed E-state index contributed by atoms with van der Waals surface area (Å²) in [4.78, 5) is 16.7. The summed E-state index contributed by atoms with van der Waals surface area (Å²) in [6, 6.07) is 7.55. The van der Waals surface area contributed by atoms with Gasteiger partial charge < -0.3 is 9.47 Å². The molecule has 1 aromatic rings. The Bertz CT molecular complexity index is 416. The van der Waals surface area contributed by atoms with E-state index in [1.165, 1.54) is 0 Å². The first-order chi connectivity index (χ1) is 9.25. The van der Waals surface area contributed by atoms with Crippen molar-refractivity contribution >= 4 is 5.91 Å². The summed E-state index contributed by atoms with van der Waals surface area (Å²) in [5.41, 5.74) is 3.35. The van der Waals surface area contributed by atoms with Crippen LogP contribution in [0.1, 0.15) is 24.8 Å². The molecule has 5 nitrogen and oxygen atoms in total. The molecular weight excluding hydrogens is 246 g/mol. The quantitative estimate of drug-likeness (QED) is 0.827. The molecule has 0 saturated carbocycles. The first kappa shape index (κ1) is 13.8. The highest BCUT2D eigenvalue weighted by molar-refractivity contribution is 5.76. The molecule has 1 heterocycles. The predicted molar refractivity (Wildman–Crippen MR) is 69.5 cm³/mol. The van der Waals surface area contributed by atoms with E-state index in [1.807, 2.05) is 31.2 Å². The maximum Gasteiger partial charge on any atom is 0.281 e. The minimum atomic E-state index is -0.337. The molecule has 19 heavy (non-hydrogen) atoms. The average Bonchev–Trinajstić information content (AvgIpc) is 2.45. The Morgan fingerprint density at radius 3 is 3.00 bits per heavy atom. The molecule has 5 heteroatoms. The van der Waals surface area contributed by atoms with Gasteiger partial charge in [-0.2, -0.15) is 0 Å². The van der Waals surface area contributed by atoms with E-state index < -0.39 is 0 Å². The van der Waals surface area contributed by atoms with Crippen LogP contribution in [0.25, 0.3) is 0 Å². The van der Waals surface area contributed by atoms with Crippen molar-refractivity contribution < 1.29 is 19.1 Å². The lowest BCUT2D eigenvalue weighted by atomic mass is 10.2. The molecule has 1 atom stereocenters. The number of ether oxygens (including phenoxy) is 2. The molecule has 1 aliphatic rings. The Morgan fingerprint density at radius 2 is 2.26 bits per heavy atom. The van der Waals surface area contributed by atoms with Crippen molar-refractivity contribution in [3.63, 3.8) is 0 Å². The van der Waals surface area contributed by atoms with E-state index in [-0.39, 0.29) is 18.8 Å². The van der Waals surface area contributed by atoms with Gasteiger partial charge in [0.15, 0.2) is 12.9 Å². The predicted octanol–water partition coefficient (Wildman–Crippen LogP) is 1.95. The van der Waals surface area contributed by atoms with Crippen molar-refractivity contribution in [2.24, 2.45) is 0 Å². The lowest BCUT2D eigenvalue weighted by Gasteiger charge is -2.22. The van der Waals surface area contributed by atoms with Crippen molar-refractivity contribution in [2.45, 2.75) is 32.5 Å². The van der Waals surface area contributed by atoms with E-state index in [0.717, 1.165) is 24.8 Å². The van der Waals surface area contributed by atoms with Crippen LogP contribution in [0.4, 0.5) is 0 Å². The summed E-state index contributed by atoms with van der Waals surface area (Å²) < 4.78 is 10.7. The van der Waals surface area contributed by atoms with Gasteiger partial charge in [-0.05, 0) is 31.4 Å². The van der Waals surface area contributed by atoms with Crippen LogP contribution in [-0.4, -0.2) is 25.4 Å². The molecule has 0 unspecified atom stereocenters. The minimum Gasteiger partial charge on any atom is -0.483 e. The molecule has 1 fully saturated rings. The summed E-state index contributed by atoms with van der Waals surface area (Å²) in [6.07, 6.45) is 2.57. The van der Waals surface area contributed by atoms with Crippen LogP contribution in [0.3, 0.4) is 0 Å². The van der Waals surface area contributed by atoms with Gasteiger partial charge in [0.25, 0.3) is 5.91 Å². The molecule has 0 aliphatic carbocycles. The summed E-state index contributed by atoms with van der Waals surface area (Å²) >= 11 is 0. The van der Waals surface area contributed by atoms with Crippen LogP contribution >= 0.6 is 0 Å². The fourth-order valence-corrected chi connectivity index (χ4v) is 1.83. The smallest absolute Gasteiger partial charge is 0.281 e. The van der Waals surface area contributed by atoms with Crippen molar-refractivity contribution in [1.29, 1.82) is 0 Å². The van der Waals surface area contributed by atoms with Gasteiger partial charge in [0.2, 0.25) is 0 Å². The molecule has 1 aromatic carbocycles. The number of rotatable bonds is 5. The molecule has 0 bridgehead atoms. The van der Waals surface area contributed by atoms with Crippen LogP contribution in [-0.2, 0) is 14.4 Å². The Kier molecular flexibility index (Phi) is 5.18. The van der Waals surface area contributed by atoms with E-state index >= 15 is 0 Å². The van der Waals surface area contributed by atoms with Gasteiger partial charge in [0.1, 0.15) is 5.75 Å². The number of nitrogens with one attached hydrogen (secondary N) is 1. The Hall–Kier alpha value is -1.59. The number of benzene rings is 1. The highest BCUT2D eigenvalue weighted by atomic mass is 16.8.